The number of anilines is 1. The van der Waals surface area contributed by atoms with Gasteiger partial charge in [-0.2, -0.15) is 0 Å². The molecular formula is C26H29NO3. The Morgan fingerprint density at radius 1 is 1.00 bits per heavy atom. The van der Waals surface area contributed by atoms with Crippen molar-refractivity contribution in [2.75, 3.05) is 19.5 Å². The van der Waals surface area contributed by atoms with E-state index in [0.717, 1.165) is 45.5 Å². The number of fused-ring (bicyclic) bond motifs is 1. The number of hydrogen-bond donors (Lipinski definition) is 1. The van der Waals surface area contributed by atoms with Crippen molar-refractivity contribution in [1.29, 1.82) is 0 Å². The van der Waals surface area contributed by atoms with Gasteiger partial charge in [0.1, 0.15) is 5.75 Å². The number of rotatable bonds is 7. The fourth-order valence-electron chi connectivity index (χ4n) is 4.25. The van der Waals surface area contributed by atoms with Gasteiger partial charge in [0.05, 0.1) is 13.7 Å². The molecule has 1 fully saturated rings. The van der Waals surface area contributed by atoms with Gasteiger partial charge < -0.3 is 15.2 Å². The molecule has 3 aromatic rings. The summed E-state index contributed by atoms with van der Waals surface area (Å²) in [7, 11) is 1.43. The molecule has 30 heavy (non-hydrogen) atoms. The zero-order chi connectivity index (χ0) is 20.9. The summed E-state index contributed by atoms with van der Waals surface area (Å²) in [4.78, 5) is 11.6. The summed E-state index contributed by atoms with van der Waals surface area (Å²) in [5.41, 5.74) is 9.99. The molecule has 0 spiro atoms. The highest BCUT2D eigenvalue weighted by molar-refractivity contribution is 5.90. The van der Waals surface area contributed by atoms with E-state index in [2.05, 4.69) is 30.3 Å². The van der Waals surface area contributed by atoms with Crippen LogP contribution in [0.5, 0.6) is 5.75 Å². The van der Waals surface area contributed by atoms with Gasteiger partial charge in [-0.1, -0.05) is 37.1 Å². The van der Waals surface area contributed by atoms with Crippen LogP contribution in [-0.2, 0) is 16.0 Å². The van der Waals surface area contributed by atoms with Gasteiger partial charge in [-0.05, 0) is 77.4 Å². The molecule has 4 nitrogen and oxygen atoms in total. The van der Waals surface area contributed by atoms with Crippen LogP contribution in [0.2, 0.25) is 0 Å². The Morgan fingerprint density at radius 3 is 2.60 bits per heavy atom. The first-order valence-corrected chi connectivity index (χ1v) is 10.7. The standard InChI is InChI=1S/C26H29NO3/c1-29-26(28)13-7-18-6-12-25(30-17-19-4-2-3-5-19)24(14-18)21-9-8-20-10-11-23(27)16-22(20)15-21/h6,8-12,14-16,19H,2-5,7,13,17,27H2,1H3. The van der Waals surface area contributed by atoms with E-state index in [-0.39, 0.29) is 5.97 Å². The number of aryl methyl sites for hydroxylation is 1. The predicted molar refractivity (Wildman–Crippen MR) is 122 cm³/mol. The van der Waals surface area contributed by atoms with E-state index in [4.69, 9.17) is 15.2 Å². The molecule has 4 heteroatoms. The van der Waals surface area contributed by atoms with E-state index in [1.807, 2.05) is 24.3 Å². The Bertz CT molecular complexity index is 1040. The third kappa shape index (κ3) is 4.76. The van der Waals surface area contributed by atoms with Gasteiger partial charge in [-0.3, -0.25) is 4.79 Å². The van der Waals surface area contributed by atoms with E-state index >= 15 is 0 Å². The Hall–Kier alpha value is -3.01. The van der Waals surface area contributed by atoms with Gasteiger partial charge >= 0.3 is 5.97 Å². The first-order valence-electron chi connectivity index (χ1n) is 10.7. The second kappa shape index (κ2) is 9.21. The Balaban J connectivity index is 1.66. The third-order valence-corrected chi connectivity index (χ3v) is 6.01. The van der Waals surface area contributed by atoms with Gasteiger partial charge in [0.2, 0.25) is 0 Å². The van der Waals surface area contributed by atoms with Crippen LogP contribution in [0.15, 0.2) is 54.6 Å². The summed E-state index contributed by atoms with van der Waals surface area (Å²) in [5.74, 6) is 1.35. The molecule has 2 N–H and O–H groups in total. The topological polar surface area (TPSA) is 61.5 Å². The van der Waals surface area contributed by atoms with Crippen molar-refractivity contribution in [3.05, 3.63) is 60.2 Å². The Kier molecular flexibility index (Phi) is 6.22. The number of carbonyl (C=O) groups is 1. The van der Waals surface area contributed by atoms with Gasteiger partial charge in [0, 0.05) is 17.7 Å². The van der Waals surface area contributed by atoms with E-state index in [1.54, 1.807) is 0 Å². The number of esters is 1. The smallest absolute Gasteiger partial charge is 0.305 e. The molecule has 0 aliphatic heterocycles. The summed E-state index contributed by atoms with van der Waals surface area (Å²) in [6, 6.07) is 18.6. The summed E-state index contributed by atoms with van der Waals surface area (Å²) < 4.78 is 11.1. The van der Waals surface area contributed by atoms with Crippen LogP contribution in [0.3, 0.4) is 0 Å². The fourth-order valence-corrected chi connectivity index (χ4v) is 4.25. The van der Waals surface area contributed by atoms with Crippen molar-refractivity contribution >= 4 is 22.4 Å². The molecule has 3 aromatic carbocycles. The minimum absolute atomic E-state index is 0.195. The maximum Gasteiger partial charge on any atom is 0.305 e. The van der Waals surface area contributed by atoms with Gasteiger partial charge in [0.25, 0.3) is 0 Å². The minimum atomic E-state index is -0.195. The highest BCUT2D eigenvalue weighted by atomic mass is 16.5. The van der Waals surface area contributed by atoms with Crippen LogP contribution < -0.4 is 10.5 Å². The lowest BCUT2D eigenvalue weighted by Gasteiger charge is -2.17. The Morgan fingerprint density at radius 2 is 1.80 bits per heavy atom. The molecular weight excluding hydrogens is 374 g/mol. The zero-order valence-electron chi connectivity index (χ0n) is 17.5. The summed E-state index contributed by atoms with van der Waals surface area (Å²) >= 11 is 0. The lowest BCUT2D eigenvalue weighted by Crippen LogP contribution is -2.09. The molecule has 0 atom stereocenters. The normalized spacial score (nSPS) is 14.2. The monoisotopic (exact) mass is 403 g/mol. The van der Waals surface area contributed by atoms with Gasteiger partial charge in [0.15, 0.2) is 0 Å². The molecule has 0 bridgehead atoms. The molecule has 0 amide bonds. The van der Waals surface area contributed by atoms with Crippen LogP contribution in [0.4, 0.5) is 5.69 Å². The zero-order valence-corrected chi connectivity index (χ0v) is 17.5. The lowest BCUT2D eigenvalue weighted by atomic mass is 9.97. The van der Waals surface area contributed by atoms with Crippen LogP contribution in [0, 0.1) is 5.92 Å². The molecule has 4 rings (SSSR count). The fraction of sp³-hybridized carbons (Fsp3) is 0.346. The largest absolute Gasteiger partial charge is 0.493 e. The number of methoxy groups -OCH3 is 1. The molecule has 156 valence electrons. The summed E-state index contributed by atoms with van der Waals surface area (Å²) in [5, 5.41) is 2.26. The van der Waals surface area contributed by atoms with Crippen molar-refractivity contribution in [3.63, 3.8) is 0 Å². The average molecular weight is 404 g/mol. The van der Waals surface area contributed by atoms with E-state index in [9.17, 15) is 4.79 Å². The quantitative estimate of drug-likeness (QED) is 0.402. The van der Waals surface area contributed by atoms with E-state index < -0.39 is 0 Å². The van der Waals surface area contributed by atoms with Crippen molar-refractivity contribution in [2.24, 2.45) is 5.92 Å². The van der Waals surface area contributed by atoms with Crippen LogP contribution in [0.25, 0.3) is 21.9 Å². The molecule has 1 aliphatic carbocycles. The number of hydrogen-bond acceptors (Lipinski definition) is 4. The number of ether oxygens (including phenoxy) is 2. The van der Waals surface area contributed by atoms with E-state index in [0.29, 0.717) is 18.8 Å². The lowest BCUT2D eigenvalue weighted by molar-refractivity contribution is -0.140. The number of nitrogens with two attached hydrogens (primary N) is 1. The second-order valence-corrected chi connectivity index (χ2v) is 8.19. The Labute approximate surface area is 178 Å². The van der Waals surface area contributed by atoms with Crippen molar-refractivity contribution < 1.29 is 14.3 Å². The van der Waals surface area contributed by atoms with Gasteiger partial charge in [-0.25, -0.2) is 0 Å². The highest BCUT2D eigenvalue weighted by Gasteiger charge is 2.17. The van der Waals surface area contributed by atoms with Crippen LogP contribution >= 0.6 is 0 Å². The summed E-state index contributed by atoms with van der Waals surface area (Å²) in [6.07, 6.45) is 6.12. The van der Waals surface area contributed by atoms with Crippen LogP contribution in [-0.4, -0.2) is 19.7 Å². The predicted octanol–water partition coefficient (Wildman–Crippen LogP) is 5.76. The van der Waals surface area contributed by atoms with Crippen molar-refractivity contribution in [1.82, 2.24) is 0 Å². The second-order valence-electron chi connectivity index (χ2n) is 8.19. The molecule has 0 heterocycles. The van der Waals surface area contributed by atoms with Crippen LogP contribution in [0.1, 0.15) is 37.7 Å². The number of nitrogen functional groups attached to an aromatic ring is 1. The van der Waals surface area contributed by atoms with Gasteiger partial charge in [-0.15, -0.1) is 0 Å². The molecule has 1 aliphatic rings. The molecule has 0 aromatic heterocycles. The molecule has 0 radical (unpaired) electrons. The molecule has 0 unspecified atom stereocenters. The maximum absolute atomic E-state index is 11.6. The molecule has 0 saturated heterocycles. The van der Waals surface area contributed by atoms with Crippen molar-refractivity contribution in [2.45, 2.75) is 38.5 Å². The SMILES string of the molecule is COC(=O)CCc1ccc(OCC2CCCC2)c(-c2ccc3ccc(N)cc3c2)c1. The average Bonchev–Trinajstić information content (AvgIpc) is 3.29. The minimum Gasteiger partial charge on any atom is -0.493 e. The first-order chi connectivity index (χ1) is 14.6. The van der Waals surface area contributed by atoms with Crippen molar-refractivity contribution in [3.8, 4) is 16.9 Å². The van der Waals surface area contributed by atoms with E-state index in [1.165, 1.54) is 32.8 Å². The molecule has 1 saturated carbocycles. The maximum atomic E-state index is 11.6. The highest BCUT2D eigenvalue weighted by Crippen LogP contribution is 2.35. The first kappa shape index (κ1) is 20.3. The number of benzene rings is 3. The summed E-state index contributed by atoms with van der Waals surface area (Å²) in [6.45, 7) is 0.759. The number of carbonyl (C=O) groups excluding carboxylic acids is 1. The third-order valence-electron chi connectivity index (χ3n) is 6.01.